The molecule has 7 nitrogen and oxygen atoms in total. The summed E-state index contributed by atoms with van der Waals surface area (Å²) < 4.78 is 10.5. The SMILES string of the molecule is COc1cc(/C=N/OC(C)C(=O)N2CCN(c3ccccc3)CC2)cc(Cl)c1OC. The molecule has 2 aromatic carbocycles. The molecule has 1 unspecified atom stereocenters. The summed E-state index contributed by atoms with van der Waals surface area (Å²) in [5, 5.41) is 4.36. The fourth-order valence-corrected chi connectivity index (χ4v) is 3.62. The average molecular weight is 432 g/mol. The molecule has 1 aliphatic rings. The van der Waals surface area contributed by atoms with Crippen molar-refractivity contribution in [1.82, 2.24) is 4.90 Å². The fraction of sp³-hybridized carbons (Fsp3) is 0.364. The first-order valence-electron chi connectivity index (χ1n) is 9.73. The zero-order valence-corrected chi connectivity index (χ0v) is 18.1. The molecule has 1 atom stereocenters. The maximum atomic E-state index is 12.7. The van der Waals surface area contributed by atoms with E-state index >= 15 is 0 Å². The quantitative estimate of drug-likeness (QED) is 0.496. The molecule has 30 heavy (non-hydrogen) atoms. The van der Waals surface area contributed by atoms with Crippen molar-refractivity contribution in [2.24, 2.45) is 5.16 Å². The molecule has 1 heterocycles. The van der Waals surface area contributed by atoms with E-state index in [-0.39, 0.29) is 5.91 Å². The molecule has 1 aliphatic heterocycles. The van der Waals surface area contributed by atoms with Crippen molar-refractivity contribution in [2.75, 3.05) is 45.3 Å². The molecule has 3 rings (SSSR count). The number of halogens is 1. The summed E-state index contributed by atoms with van der Waals surface area (Å²) in [6.07, 6.45) is 0.811. The van der Waals surface area contributed by atoms with E-state index in [4.69, 9.17) is 25.9 Å². The van der Waals surface area contributed by atoms with E-state index in [0.29, 0.717) is 35.2 Å². The number of oxime groups is 1. The minimum atomic E-state index is -0.680. The Balaban J connectivity index is 1.53. The Hall–Kier alpha value is -2.93. The van der Waals surface area contributed by atoms with Crippen LogP contribution >= 0.6 is 11.6 Å². The van der Waals surface area contributed by atoms with Gasteiger partial charge in [-0.1, -0.05) is 35.0 Å². The van der Waals surface area contributed by atoms with Gasteiger partial charge in [-0.2, -0.15) is 0 Å². The molecule has 0 saturated carbocycles. The van der Waals surface area contributed by atoms with Crippen LogP contribution in [0.2, 0.25) is 5.02 Å². The molecule has 1 amide bonds. The summed E-state index contributed by atoms with van der Waals surface area (Å²) in [5.41, 5.74) is 1.85. The molecule has 0 bridgehead atoms. The second-order valence-electron chi connectivity index (χ2n) is 6.87. The van der Waals surface area contributed by atoms with Crippen molar-refractivity contribution in [3.63, 3.8) is 0 Å². The third-order valence-corrected chi connectivity index (χ3v) is 5.22. The number of hydrogen-bond acceptors (Lipinski definition) is 6. The lowest BCUT2D eigenvalue weighted by molar-refractivity contribution is -0.142. The van der Waals surface area contributed by atoms with Gasteiger partial charge in [0.1, 0.15) is 0 Å². The summed E-state index contributed by atoms with van der Waals surface area (Å²) >= 11 is 6.19. The Morgan fingerprint density at radius 1 is 1.10 bits per heavy atom. The van der Waals surface area contributed by atoms with Crippen LogP contribution in [0.25, 0.3) is 0 Å². The third-order valence-electron chi connectivity index (χ3n) is 4.94. The minimum absolute atomic E-state index is 0.0785. The maximum absolute atomic E-state index is 12.7. The van der Waals surface area contributed by atoms with E-state index in [9.17, 15) is 4.79 Å². The Morgan fingerprint density at radius 3 is 2.43 bits per heavy atom. The summed E-state index contributed by atoms with van der Waals surface area (Å²) in [6.45, 7) is 4.57. The van der Waals surface area contributed by atoms with Gasteiger partial charge in [-0.3, -0.25) is 4.79 Å². The third kappa shape index (κ3) is 5.16. The van der Waals surface area contributed by atoms with Gasteiger partial charge >= 0.3 is 0 Å². The summed E-state index contributed by atoms with van der Waals surface area (Å²) in [4.78, 5) is 22.1. The average Bonchev–Trinajstić information content (AvgIpc) is 2.78. The molecule has 1 fully saturated rings. The number of nitrogens with zero attached hydrogens (tertiary/aromatic N) is 3. The zero-order chi connectivity index (χ0) is 21.5. The zero-order valence-electron chi connectivity index (χ0n) is 17.4. The van der Waals surface area contributed by atoms with Gasteiger partial charge < -0.3 is 24.1 Å². The molecule has 0 aliphatic carbocycles. The van der Waals surface area contributed by atoms with E-state index in [2.05, 4.69) is 22.2 Å². The first kappa shape index (κ1) is 21.8. The number of carbonyl (C=O) groups is 1. The van der Waals surface area contributed by atoms with Crippen molar-refractivity contribution < 1.29 is 19.1 Å². The standard InChI is InChI=1S/C22H26ClN3O4/c1-16(30-24-15-17-13-19(23)21(29-3)20(14-17)28-2)22(27)26-11-9-25(10-12-26)18-7-5-4-6-8-18/h4-8,13-16H,9-12H2,1-3H3/b24-15+. The summed E-state index contributed by atoms with van der Waals surface area (Å²) in [6, 6.07) is 13.6. The van der Waals surface area contributed by atoms with E-state index in [1.807, 2.05) is 23.1 Å². The molecule has 8 heteroatoms. The van der Waals surface area contributed by atoms with Gasteiger partial charge in [0.2, 0.25) is 6.10 Å². The van der Waals surface area contributed by atoms with Gasteiger partial charge in [-0.15, -0.1) is 0 Å². The van der Waals surface area contributed by atoms with Crippen LogP contribution in [0.4, 0.5) is 5.69 Å². The number of ether oxygens (including phenoxy) is 2. The predicted molar refractivity (Wildman–Crippen MR) is 118 cm³/mol. The van der Waals surface area contributed by atoms with Crippen LogP contribution in [0.1, 0.15) is 12.5 Å². The van der Waals surface area contributed by atoms with Crippen molar-refractivity contribution >= 4 is 29.4 Å². The molecular weight excluding hydrogens is 406 g/mol. The molecule has 1 saturated heterocycles. The largest absolute Gasteiger partial charge is 0.493 e. The van der Waals surface area contributed by atoms with Gasteiger partial charge in [0, 0.05) is 37.4 Å². The molecule has 0 radical (unpaired) electrons. The predicted octanol–water partition coefficient (Wildman–Crippen LogP) is 3.45. The van der Waals surface area contributed by atoms with Crippen LogP contribution in [-0.4, -0.2) is 63.5 Å². The Labute approximate surface area is 181 Å². The number of methoxy groups -OCH3 is 2. The van der Waals surface area contributed by atoms with Crippen LogP contribution in [-0.2, 0) is 9.63 Å². The molecule has 0 N–H and O–H groups in total. The number of hydrogen-bond donors (Lipinski definition) is 0. The van der Waals surface area contributed by atoms with Gasteiger partial charge in [0.15, 0.2) is 11.5 Å². The summed E-state index contributed by atoms with van der Waals surface area (Å²) in [5.74, 6) is 0.868. The number of carbonyl (C=O) groups excluding carboxylic acids is 1. The first-order valence-corrected chi connectivity index (χ1v) is 10.1. The number of para-hydroxylation sites is 1. The maximum Gasteiger partial charge on any atom is 0.266 e. The lowest BCUT2D eigenvalue weighted by Crippen LogP contribution is -2.51. The number of piperazine rings is 1. The number of amides is 1. The normalized spacial score (nSPS) is 15.2. The number of benzene rings is 2. The molecule has 0 spiro atoms. The van der Waals surface area contributed by atoms with Crippen LogP contribution in [0.15, 0.2) is 47.6 Å². The summed E-state index contributed by atoms with van der Waals surface area (Å²) in [7, 11) is 3.05. The smallest absolute Gasteiger partial charge is 0.266 e. The van der Waals surface area contributed by atoms with Crippen LogP contribution in [0.5, 0.6) is 11.5 Å². The van der Waals surface area contributed by atoms with Crippen molar-refractivity contribution in [3.8, 4) is 11.5 Å². The van der Waals surface area contributed by atoms with E-state index < -0.39 is 6.10 Å². The number of rotatable bonds is 7. The highest BCUT2D eigenvalue weighted by molar-refractivity contribution is 6.32. The second kappa shape index (κ2) is 10.2. The van der Waals surface area contributed by atoms with E-state index in [1.165, 1.54) is 26.1 Å². The molecular formula is C22H26ClN3O4. The first-order chi connectivity index (χ1) is 14.5. The topological polar surface area (TPSA) is 63.6 Å². The molecule has 2 aromatic rings. The highest BCUT2D eigenvalue weighted by Crippen LogP contribution is 2.35. The van der Waals surface area contributed by atoms with Gasteiger partial charge in [0.05, 0.1) is 25.5 Å². The fourth-order valence-electron chi connectivity index (χ4n) is 3.32. The van der Waals surface area contributed by atoms with Crippen LogP contribution in [0, 0.1) is 0 Å². The van der Waals surface area contributed by atoms with Crippen LogP contribution < -0.4 is 14.4 Å². The van der Waals surface area contributed by atoms with Crippen molar-refractivity contribution in [2.45, 2.75) is 13.0 Å². The number of anilines is 1. The Bertz CT molecular complexity index is 883. The van der Waals surface area contributed by atoms with Crippen LogP contribution in [0.3, 0.4) is 0 Å². The van der Waals surface area contributed by atoms with Gasteiger partial charge in [-0.25, -0.2) is 0 Å². The Kier molecular flexibility index (Phi) is 7.41. The van der Waals surface area contributed by atoms with Crippen molar-refractivity contribution in [3.05, 3.63) is 53.1 Å². The molecule has 160 valence electrons. The van der Waals surface area contributed by atoms with E-state index in [0.717, 1.165) is 13.1 Å². The minimum Gasteiger partial charge on any atom is -0.493 e. The van der Waals surface area contributed by atoms with E-state index in [1.54, 1.807) is 19.1 Å². The highest BCUT2D eigenvalue weighted by Gasteiger charge is 2.26. The van der Waals surface area contributed by atoms with Crippen molar-refractivity contribution in [1.29, 1.82) is 0 Å². The lowest BCUT2D eigenvalue weighted by atomic mass is 10.2. The van der Waals surface area contributed by atoms with Gasteiger partial charge in [-0.05, 0) is 31.2 Å². The monoisotopic (exact) mass is 431 g/mol. The van der Waals surface area contributed by atoms with Gasteiger partial charge in [0.25, 0.3) is 5.91 Å². The Morgan fingerprint density at radius 2 is 1.80 bits per heavy atom. The molecule has 0 aromatic heterocycles. The highest BCUT2D eigenvalue weighted by atomic mass is 35.5. The lowest BCUT2D eigenvalue weighted by Gasteiger charge is -2.36. The second-order valence-corrected chi connectivity index (χ2v) is 7.28.